The van der Waals surface area contributed by atoms with E-state index in [1.165, 1.54) is 14.7 Å². The van der Waals surface area contributed by atoms with Gasteiger partial charge in [0.25, 0.3) is 0 Å². The number of aryl methyl sites for hydroxylation is 1. The van der Waals surface area contributed by atoms with E-state index in [2.05, 4.69) is 47.7 Å². The SMILES string of the molecule is Cc1cccc(C(N)CC2CCOCC2)c1I. The summed E-state index contributed by atoms with van der Waals surface area (Å²) in [5, 5.41) is 0. The van der Waals surface area contributed by atoms with Crippen molar-refractivity contribution in [3.63, 3.8) is 0 Å². The second kappa shape index (κ2) is 6.16. The molecule has 0 saturated carbocycles. The highest BCUT2D eigenvalue weighted by atomic mass is 127. The Morgan fingerprint density at radius 3 is 2.82 bits per heavy atom. The van der Waals surface area contributed by atoms with E-state index in [0.29, 0.717) is 0 Å². The Hall–Kier alpha value is -0.130. The van der Waals surface area contributed by atoms with Crippen LogP contribution in [0.4, 0.5) is 0 Å². The summed E-state index contributed by atoms with van der Waals surface area (Å²) < 4.78 is 6.71. The number of nitrogens with two attached hydrogens (primary N) is 1. The van der Waals surface area contributed by atoms with Crippen LogP contribution >= 0.6 is 22.6 Å². The molecule has 0 spiro atoms. The van der Waals surface area contributed by atoms with E-state index in [4.69, 9.17) is 10.5 Å². The molecular weight excluding hydrogens is 325 g/mol. The molecule has 0 aromatic heterocycles. The number of hydrogen-bond acceptors (Lipinski definition) is 2. The maximum Gasteiger partial charge on any atom is 0.0468 e. The van der Waals surface area contributed by atoms with Gasteiger partial charge in [-0.15, -0.1) is 0 Å². The molecule has 0 amide bonds. The van der Waals surface area contributed by atoms with E-state index in [0.717, 1.165) is 38.4 Å². The second-order valence-corrected chi connectivity index (χ2v) is 5.95. The van der Waals surface area contributed by atoms with Crippen LogP contribution in [-0.4, -0.2) is 13.2 Å². The van der Waals surface area contributed by atoms with Crippen molar-refractivity contribution in [1.82, 2.24) is 0 Å². The van der Waals surface area contributed by atoms with Gasteiger partial charge in [0.05, 0.1) is 0 Å². The third-order valence-corrected chi connectivity index (χ3v) is 5.02. The highest BCUT2D eigenvalue weighted by Crippen LogP contribution is 2.29. The lowest BCUT2D eigenvalue weighted by Gasteiger charge is -2.25. The summed E-state index contributed by atoms with van der Waals surface area (Å²) in [5.41, 5.74) is 8.98. The molecule has 1 aromatic carbocycles. The van der Waals surface area contributed by atoms with E-state index >= 15 is 0 Å². The van der Waals surface area contributed by atoms with Crippen LogP contribution in [0.15, 0.2) is 18.2 Å². The van der Waals surface area contributed by atoms with Gasteiger partial charge in [-0.05, 0) is 65.8 Å². The molecule has 2 rings (SSSR count). The van der Waals surface area contributed by atoms with Crippen LogP contribution in [0.25, 0.3) is 0 Å². The van der Waals surface area contributed by atoms with Crippen molar-refractivity contribution in [2.75, 3.05) is 13.2 Å². The molecule has 2 nitrogen and oxygen atoms in total. The Morgan fingerprint density at radius 1 is 1.41 bits per heavy atom. The van der Waals surface area contributed by atoms with Gasteiger partial charge >= 0.3 is 0 Å². The summed E-state index contributed by atoms with van der Waals surface area (Å²) >= 11 is 2.41. The first-order chi connectivity index (χ1) is 8.18. The molecule has 0 aliphatic carbocycles. The first-order valence-electron chi connectivity index (χ1n) is 6.27. The maximum absolute atomic E-state index is 6.35. The molecule has 0 radical (unpaired) electrons. The standard InChI is InChI=1S/C14H20INO/c1-10-3-2-4-12(14(10)15)13(16)9-11-5-7-17-8-6-11/h2-4,11,13H,5-9,16H2,1H3. The molecule has 1 saturated heterocycles. The third kappa shape index (κ3) is 3.42. The zero-order chi connectivity index (χ0) is 12.3. The Morgan fingerprint density at radius 2 is 2.12 bits per heavy atom. The third-order valence-electron chi connectivity index (χ3n) is 3.55. The summed E-state index contributed by atoms with van der Waals surface area (Å²) in [7, 11) is 0. The van der Waals surface area contributed by atoms with E-state index < -0.39 is 0 Å². The molecule has 1 unspecified atom stereocenters. The Labute approximate surface area is 117 Å². The molecule has 0 bridgehead atoms. The summed E-state index contributed by atoms with van der Waals surface area (Å²) in [5.74, 6) is 0.732. The van der Waals surface area contributed by atoms with Gasteiger partial charge < -0.3 is 10.5 Å². The summed E-state index contributed by atoms with van der Waals surface area (Å²) in [6, 6.07) is 6.59. The lowest BCUT2D eigenvalue weighted by molar-refractivity contribution is 0.0618. The predicted octanol–water partition coefficient (Wildman–Crippen LogP) is 3.42. The molecule has 1 fully saturated rings. The van der Waals surface area contributed by atoms with Crippen LogP contribution < -0.4 is 5.73 Å². The van der Waals surface area contributed by atoms with E-state index in [1.807, 2.05) is 0 Å². The Kier molecular flexibility index (Phi) is 4.82. The average molecular weight is 345 g/mol. The summed E-state index contributed by atoms with van der Waals surface area (Å²) in [4.78, 5) is 0. The largest absolute Gasteiger partial charge is 0.381 e. The van der Waals surface area contributed by atoms with Crippen LogP contribution in [0, 0.1) is 16.4 Å². The molecule has 3 heteroatoms. The molecule has 1 aliphatic heterocycles. The first-order valence-corrected chi connectivity index (χ1v) is 7.34. The molecule has 1 aliphatic rings. The molecule has 94 valence electrons. The van der Waals surface area contributed by atoms with Crippen LogP contribution in [0.1, 0.15) is 36.4 Å². The normalized spacial score (nSPS) is 19.2. The smallest absolute Gasteiger partial charge is 0.0468 e. The number of ether oxygens (including phenoxy) is 1. The van der Waals surface area contributed by atoms with Gasteiger partial charge in [-0.1, -0.05) is 18.2 Å². The molecule has 17 heavy (non-hydrogen) atoms. The summed E-state index contributed by atoms with van der Waals surface area (Å²) in [6.07, 6.45) is 3.41. The fourth-order valence-electron chi connectivity index (χ4n) is 2.42. The van der Waals surface area contributed by atoms with E-state index in [-0.39, 0.29) is 6.04 Å². The van der Waals surface area contributed by atoms with Crippen molar-refractivity contribution in [3.05, 3.63) is 32.9 Å². The minimum atomic E-state index is 0.171. The molecule has 1 heterocycles. The predicted molar refractivity (Wildman–Crippen MR) is 79.0 cm³/mol. The quantitative estimate of drug-likeness (QED) is 0.852. The zero-order valence-corrected chi connectivity index (χ0v) is 12.4. The van der Waals surface area contributed by atoms with Crippen molar-refractivity contribution in [2.24, 2.45) is 11.7 Å². The fourth-order valence-corrected chi connectivity index (χ4v) is 3.18. The number of benzene rings is 1. The van der Waals surface area contributed by atoms with Gasteiger partial charge in [0, 0.05) is 22.8 Å². The van der Waals surface area contributed by atoms with Gasteiger partial charge in [-0.3, -0.25) is 0 Å². The van der Waals surface area contributed by atoms with Gasteiger partial charge in [0.2, 0.25) is 0 Å². The molecule has 2 N–H and O–H groups in total. The molecule has 1 aromatic rings. The van der Waals surface area contributed by atoms with Crippen molar-refractivity contribution < 1.29 is 4.74 Å². The Bertz CT molecular complexity index is 374. The number of halogens is 1. The van der Waals surface area contributed by atoms with Gasteiger partial charge in [-0.25, -0.2) is 0 Å². The topological polar surface area (TPSA) is 35.2 Å². The van der Waals surface area contributed by atoms with Crippen LogP contribution in [0.3, 0.4) is 0 Å². The lowest BCUT2D eigenvalue weighted by Crippen LogP contribution is -2.22. The van der Waals surface area contributed by atoms with Gasteiger partial charge in [0.15, 0.2) is 0 Å². The van der Waals surface area contributed by atoms with E-state index in [1.54, 1.807) is 0 Å². The Balaban J connectivity index is 2.03. The zero-order valence-electron chi connectivity index (χ0n) is 10.3. The highest BCUT2D eigenvalue weighted by molar-refractivity contribution is 14.1. The first kappa shape index (κ1) is 13.3. The second-order valence-electron chi connectivity index (χ2n) is 4.88. The highest BCUT2D eigenvalue weighted by Gasteiger charge is 2.19. The monoisotopic (exact) mass is 345 g/mol. The lowest BCUT2D eigenvalue weighted by atomic mass is 9.89. The van der Waals surface area contributed by atoms with Crippen LogP contribution in [0.5, 0.6) is 0 Å². The minimum Gasteiger partial charge on any atom is -0.381 e. The van der Waals surface area contributed by atoms with Crippen molar-refractivity contribution >= 4 is 22.6 Å². The minimum absolute atomic E-state index is 0.171. The van der Waals surface area contributed by atoms with Gasteiger partial charge in [-0.2, -0.15) is 0 Å². The molecular formula is C14H20INO. The van der Waals surface area contributed by atoms with Gasteiger partial charge in [0.1, 0.15) is 0 Å². The van der Waals surface area contributed by atoms with Crippen LogP contribution in [0.2, 0.25) is 0 Å². The van der Waals surface area contributed by atoms with E-state index in [9.17, 15) is 0 Å². The molecule has 1 atom stereocenters. The fraction of sp³-hybridized carbons (Fsp3) is 0.571. The summed E-state index contributed by atoms with van der Waals surface area (Å²) in [6.45, 7) is 3.96. The van der Waals surface area contributed by atoms with Crippen molar-refractivity contribution in [3.8, 4) is 0 Å². The number of hydrogen-bond donors (Lipinski definition) is 1. The average Bonchev–Trinajstić information content (AvgIpc) is 2.34. The van der Waals surface area contributed by atoms with Crippen LogP contribution in [-0.2, 0) is 4.74 Å². The van der Waals surface area contributed by atoms with Crippen molar-refractivity contribution in [1.29, 1.82) is 0 Å². The number of rotatable bonds is 3. The maximum atomic E-state index is 6.35. The van der Waals surface area contributed by atoms with Crippen molar-refractivity contribution in [2.45, 2.75) is 32.2 Å².